The Morgan fingerprint density at radius 2 is 1.80 bits per heavy atom. The lowest BCUT2D eigenvalue weighted by atomic mass is 9.93. The molecule has 0 bridgehead atoms. The molecule has 2 rings (SSSR count). The van der Waals surface area contributed by atoms with Gasteiger partial charge in [0.05, 0.1) is 5.56 Å². The molecule has 1 heterocycles. The first-order valence-electron chi connectivity index (χ1n) is 9.78. The van der Waals surface area contributed by atoms with Crippen molar-refractivity contribution in [2.24, 2.45) is 5.73 Å². The average molecular weight is 410 g/mol. The number of rotatable bonds is 7. The molecule has 6 heteroatoms. The van der Waals surface area contributed by atoms with Crippen LogP contribution in [0, 0.1) is 5.82 Å². The molecule has 5 nitrogen and oxygen atoms in total. The second-order valence-electron chi connectivity index (χ2n) is 7.45. The number of hydrogen-bond acceptors (Lipinski definition) is 3. The van der Waals surface area contributed by atoms with Gasteiger partial charge < -0.3 is 10.3 Å². The summed E-state index contributed by atoms with van der Waals surface area (Å²) in [7, 11) is 0. The van der Waals surface area contributed by atoms with E-state index in [9.17, 15) is 18.8 Å². The lowest BCUT2D eigenvalue weighted by Crippen LogP contribution is -2.19. The summed E-state index contributed by atoms with van der Waals surface area (Å²) < 4.78 is 16.6. The minimum absolute atomic E-state index is 0.0909. The zero-order valence-electron chi connectivity index (χ0n) is 18.0. The second-order valence-corrected chi connectivity index (χ2v) is 7.45. The molecule has 2 aromatic rings. The Hall–Kier alpha value is -3.28. The van der Waals surface area contributed by atoms with Crippen LogP contribution in [-0.4, -0.2) is 16.3 Å². The van der Waals surface area contributed by atoms with E-state index in [1.54, 1.807) is 12.3 Å². The molecule has 0 saturated carbocycles. The van der Waals surface area contributed by atoms with Crippen LogP contribution in [0.25, 0.3) is 11.1 Å². The molecule has 1 aromatic heterocycles. The summed E-state index contributed by atoms with van der Waals surface area (Å²) in [4.78, 5) is 36.1. The number of aromatic nitrogens is 1. The fraction of sp³-hybridized carbons (Fsp3) is 0.292. The first-order valence-corrected chi connectivity index (χ1v) is 9.78. The van der Waals surface area contributed by atoms with Gasteiger partial charge in [0.15, 0.2) is 11.2 Å². The number of halogens is 1. The Bertz CT molecular complexity index is 1120. The summed E-state index contributed by atoms with van der Waals surface area (Å²) in [6.07, 6.45) is 4.12. The number of ketones is 1. The fourth-order valence-electron chi connectivity index (χ4n) is 3.36. The van der Waals surface area contributed by atoms with Gasteiger partial charge in [-0.2, -0.15) is 0 Å². The van der Waals surface area contributed by atoms with Crippen LogP contribution in [0.1, 0.15) is 73.0 Å². The highest BCUT2D eigenvalue weighted by molar-refractivity contribution is 6.00. The van der Waals surface area contributed by atoms with Crippen molar-refractivity contribution < 1.29 is 14.0 Å². The van der Waals surface area contributed by atoms with Crippen LogP contribution in [0.2, 0.25) is 0 Å². The van der Waals surface area contributed by atoms with Crippen LogP contribution in [0.15, 0.2) is 46.9 Å². The SMILES string of the molecule is CCCn1cc(C(C)=O)c(=O)cc1/C(C)=C/C(=C(C)C)c1c(F)cccc1C(N)=O. The number of carbonyl (C=O) groups excluding carboxylic acids is 2. The highest BCUT2D eigenvalue weighted by Gasteiger charge is 2.18. The lowest BCUT2D eigenvalue weighted by Gasteiger charge is -2.17. The standard InChI is InChI=1S/C24H27FN2O3/c1-6-10-27-13-19(16(5)28)22(29)12-21(27)15(4)11-18(14(2)3)23-17(24(26)30)8-7-9-20(23)25/h7-9,11-13H,6,10H2,1-5H3,(H2,26,30)/b15-11+. The van der Waals surface area contributed by atoms with Gasteiger partial charge in [-0.25, -0.2) is 4.39 Å². The van der Waals surface area contributed by atoms with Gasteiger partial charge >= 0.3 is 0 Å². The molecule has 2 N–H and O–H groups in total. The van der Waals surface area contributed by atoms with E-state index < -0.39 is 11.7 Å². The summed E-state index contributed by atoms with van der Waals surface area (Å²) in [6.45, 7) is 9.40. The van der Waals surface area contributed by atoms with Crippen molar-refractivity contribution in [1.82, 2.24) is 4.57 Å². The van der Waals surface area contributed by atoms with Gasteiger partial charge in [-0.3, -0.25) is 14.4 Å². The number of carbonyl (C=O) groups is 2. The van der Waals surface area contributed by atoms with Gasteiger partial charge in [-0.05, 0) is 63.5 Å². The summed E-state index contributed by atoms with van der Waals surface area (Å²) >= 11 is 0. The molecule has 0 radical (unpaired) electrons. The summed E-state index contributed by atoms with van der Waals surface area (Å²) in [6, 6.07) is 5.64. The van der Waals surface area contributed by atoms with E-state index in [-0.39, 0.29) is 27.9 Å². The number of primary amides is 1. The second kappa shape index (κ2) is 9.48. The number of allylic oxidation sites excluding steroid dienone is 4. The van der Waals surface area contributed by atoms with Crippen LogP contribution in [0.4, 0.5) is 4.39 Å². The summed E-state index contributed by atoms with van der Waals surface area (Å²) in [5.41, 5.74) is 8.09. The van der Waals surface area contributed by atoms with Crippen LogP contribution in [0.5, 0.6) is 0 Å². The van der Waals surface area contributed by atoms with Crippen molar-refractivity contribution in [1.29, 1.82) is 0 Å². The number of Topliss-reactive ketones (excluding diaryl/α,β-unsaturated/α-hetero) is 1. The number of aryl methyl sites for hydroxylation is 1. The average Bonchev–Trinajstić information content (AvgIpc) is 2.66. The van der Waals surface area contributed by atoms with Gasteiger partial charge in [0.1, 0.15) is 5.82 Å². The van der Waals surface area contributed by atoms with Crippen LogP contribution < -0.4 is 11.2 Å². The summed E-state index contributed by atoms with van der Waals surface area (Å²) in [5, 5.41) is 0. The molecule has 0 unspecified atom stereocenters. The number of hydrogen-bond donors (Lipinski definition) is 1. The number of nitrogens with zero attached hydrogens (tertiary/aromatic N) is 1. The first kappa shape index (κ1) is 23.0. The van der Waals surface area contributed by atoms with Crippen molar-refractivity contribution >= 4 is 22.8 Å². The third-order valence-corrected chi connectivity index (χ3v) is 4.82. The molecule has 0 aliphatic rings. The van der Waals surface area contributed by atoms with E-state index in [2.05, 4.69) is 0 Å². The van der Waals surface area contributed by atoms with Crippen LogP contribution in [0.3, 0.4) is 0 Å². The van der Waals surface area contributed by atoms with Crippen LogP contribution >= 0.6 is 0 Å². The Balaban J connectivity index is 2.75. The first-order chi connectivity index (χ1) is 14.1. The number of benzene rings is 1. The molecule has 0 fully saturated rings. The molecule has 0 aliphatic carbocycles. The Labute approximate surface area is 175 Å². The normalized spacial score (nSPS) is 11.3. The van der Waals surface area contributed by atoms with Gasteiger partial charge in [-0.1, -0.05) is 18.6 Å². The van der Waals surface area contributed by atoms with Crippen molar-refractivity contribution in [3.8, 4) is 0 Å². The predicted molar refractivity (Wildman–Crippen MR) is 118 cm³/mol. The predicted octanol–water partition coefficient (Wildman–Crippen LogP) is 4.60. The lowest BCUT2D eigenvalue weighted by molar-refractivity contribution is 0.0995. The third kappa shape index (κ3) is 4.82. The van der Waals surface area contributed by atoms with Gasteiger partial charge in [0, 0.05) is 35.6 Å². The quantitative estimate of drug-likeness (QED) is 0.535. The van der Waals surface area contributed by atoms with Crippen molar-refractivity contribution in [3.05, 3.63) is 80.5 Å². The van der Waals surface area contributed by atoms with E-state index in [0.29, 0.717) is 23.4 Å². The maximum Gasteiger partial charge on any atom is 0.249 e. The molecule has 0 saturated heterocycles. The van der Waals surface area contributed by atoms with Gasteiger partial charge in [0.25, 0.3) is 0 Å². The van der Waals surface area contributed by atoms with Crippen molar-refractivity contribution in [2.45, 2.75) is 47.6 Å². The number of pyridine rings is 1. The van der Waals surface area contributed by atoms with Gasteiger partial charge in [-0.15, -0.1) is 0 Å². The van der Waals surface area contributed by atoms with Crippen LogP contribution in [-0.2, 0) is 6.54 Å². The van der Waals surface area contributed by atoms with E-state index in [4.69, 9.17) is 5.73 Å². The van der Waals surface area contributed by atoms with E-state index in [0.717, 1.165) is 12.0 Å². The molecule has 0 spiro atoms. The number of nitrogens with two attached hydrogens (primary N) is 1. The molecular formula is C24H27FN2O3. The van der Waals surface area contributed by atoms with Crippen molar-refractivity contribution in [3.63, 3.8) is 0 Å². The molecule has 1 amide bonds. The smallest absolute Gasteiger partial charge is 0.249 e. The Morgan fingerprint density at radius 1 is 1.13 bits per heavy atom. The Morgan fingerprint density at radius 3 is 2.33 bits per heavy atom. The maximum atomic E-state index is 14.7. The highest BCUT2D eigenvalue weighted by atomic mass is 19.1. The molecule has 158 valence electrons. The molecule has 30 heavy (non-hydrogen) atoms. The molecule has 1 aromatic carbocycles. The van der Waals surface area contributed by atoms with Gasteiger partial charge in [0.2, 0.25) is 5.91 Å². The number of amides is 1. The molecule has 0 atom stereocenters. The minimum Gasteiger partial charge on any atom is -0.366 e. The zero-order valence-corrected chi connectivity index (χ0v) is 18.0. The van der Waals surface area contributed by atoms with E-state index >= 15 is 0 Å². The molecule has 0 aliphatic heterocycles. The van der Waals surface area contributed by atoms with E-state index in [1.165, 1.54) is 31.2 Å². The van der Waals surface area contributed by atoms with E-state index in [1.807, 2.05) is 32.3 Å². The topological polar surface area (TPSA) is 82.2 Å². The minimum atomic E-state index is -0.719. The van der Waals surface area contributed by atoms with Crippen molar-refractivity contribution in [2.75, 3.05) is 0 Å². The monoisotopic (exact) mass is 410 g/mol. The Kier molecular flexibility index (Phi) is 7.27. The molecular weight excluding hydrogens is 383 g/mol. The highest BCUT2D eigenvalue weighted by Crippen LogP contribution is 2.29. The zero-order chi connectivity index (χ0) is 22.6. The maximum absolute atomic E-state index is 14.7. The third-order valence-electron chi connectivity index (χ3n) is 4.82. The summed E-state index contributed by atoms with van der Waals surface area (Å²) in [5.74, 6) is -1.56. The largest absolute Gasteiger partial charge is 0.366 e. The fourth-order valence-corrected chi connectivity index (χ4v) is 3.36.